The molecule has 3 nitrogen and oxygen atoms in total. The monoisotopic (exact) mass is 330 g/mol. The molecule has 2 rings (SSSR count). The van der Waals surface area contributed by atoms with Gasteiger partial charge in [0.15, 0.2) is 0 Å². The number of hydrogen-bond acceptors (Lipinski definition) is 3. The Bertz CT molecular complexity index is 663. The van der Waals surface area contributed by atoms with Crippen LogP contribution in [0.15, 0.2) is 54.6 Å². The van der Waals surface area contributed by atoms with Crippen molar-refractivity contribution in [3.05, 3.63) is 65.2 Å². The van der Waals surface area contributed by atoms with Crippen molar-refractivity contribution in [1.29, 1.82) is 0 Å². The van der Waals surface area contributed by atoms with Gasteiger partial charge in [-0.2, -0.15) is 0 Å². The van der Waals surface area contributed by atoms with E-state index < -0.39 is 5.97 Å². The first-order valence-corrected chi connectivity index (χ1v) is 7.93. The standard InChI is InChI=1S/C19H19ClO3/c1-2-3-13-22-17-10-7-15(8-11-17)9-12-19(21)23-18-6-4-5-16(20)14-18/h4-12,14H,2-3,13H2,1H3/b12-9+. The lowest BCUT2D eigenvalue weighted by molar-refractivity contribution is -0.128. The maximum atomic E-state index is 11.8. The van der Waals surface area contributed by atoms with E-state index in [1.807, 2.05) is 24.3 Å². The van der Waals surface area contributed by atoms with Crippen LogP contribution in [0.3, 0.4) is 0 Å². The number of esters is 1. The SMILES string of the molecule is CCCCOc1ccc(/C=C/C(=O)Oc2cccc(Cl)c2)cc1. The molecular formula is C19H19ClO3. The van der Waals surface area contributed by atoms with Gasteiger partial charge in [-0.15, -0.1) is 0 Å². The Morgan fingerprint density at radius 2 is 1.91 bits per heavy atom. The molecule has 0 aliphatic heterocycles. The van der Waals surface area contributed by atoms with Gasteiger partial charge in [-0.25, -0.2) is 4.79 Å². The van der Waals surface area contributed by atoms with Gasteiger partial charge in [-0.05, 0) is 48.4 Å². The molecule has 0 spiro atoms. The van der Waals surface area contributed by atoms with Crippen molar-refractivity contribution in [2.75, 3.05) is 6.61 Å². The van der Waals surface area contributed by atoms with E-state index in [2.05, 4.69) is 6.92 Å². The maximum absolute atomic E-state index is 11.8. The van der Waals surface area contributed by atoms with Crippen LogP contribution in [-0.4, -0.2) is 12.6 Å². The Labute approximate surface area is 141 Å². The van der Waals surface area contributed by atoms with E-state index in [0.717, 1.165) is 30.8 Å². The van der Waals surface area contributed by atoms with E-state index in [9.17, 15) is 4.79 Å². The molecule has 0 saturated carbocycles. The Balaban J connectivity index is 1.88. The van der Waals surface area contributed by atoms with Gasteiger partial charge in [0.1, 0.15) is 11.5 Å². The lowest BCUT2D eigenvalue weighted by Crippen LogP contribution is -2.03. The molecule has 0 atom stereocenters. The number of ether oxygens (including phenoxy) is 2. The predicted molar refractivity (Wildman–Crippen MR) is 93.0 cm³/mol. The molecule has 2 aromatic rings. The van der Waals surface area contributed by atoms with E-state index in [1.165, 1.54) is 6.08 Å². The third-order valence-electron chi connectivity index (χ3n) is 3.07. The minimum atomic E-state index is -0.449. The molecular weight excluding hydrogens is 312 g/mol. The molecule has 0 aliphatic rings. The molecule has 0 heterocycles. The Morgan fingerprint density at radius 3 is 2.61 bits per heavy atom. The number of hydrogen-bond donors (Lipinski definition) is 0. The van der Waals surface area contributed by atoms with Crippen molar-refractivity contribution in [2.24, 2.45) is 0 Å². The van der Waals surface area contributed by atoms with Gasteiger partial charge >= 0.3 is 5.97 Å². The number of unbranched alkanes of at least 4 members (excludes halogenated alkanes) is 1. The van der Waals surface area contributed by atoms with E-state index in [-0.39, 0.29) is 0 Å². The normalized spacial score (nSPS) is 10.7. The van der Waals surface area contributed by atoms with Crippen molar-refractivity contribution in [2.45, 2.75) is 19.8 Å². The zero-order valence-electron chi connectivity index (χ0n) is 13.0. The van der Waals surface area contributed by atoms with Crippen LogP contribution in [0.5, 0.6) is 11.5 Å². The smallest absolute Gasteiger partial charge is 0.336 e. The topological polar surface area (TPSA) is 35.5 Å². The van der Waals surface area contributed by atoms with Crippen molar-refractivity contribution in [1.82, 2.24) is 0 Å². The van der Waals surface area contributed by atoms with Crippen molar-refractivity contribution >= 4 is 23.6 Å². The summed E-state index contributed by atoms with van der Waals surface area (Å²) in [6.45, 7) is 2.84. The molecule has 0 radical (unpaired) electrons. The minimum Gasteiger partial charge on any atom is -0.494 e. The lowest BCUT2D eigenvalue weighted by Gasteiger charge is -2.05. The fourth-order valence-electron chi connectivity index (χ4n) is 1.85. The van der Waals surface area contributed by atoms with Gasteiger partial charge < -0.3 is 9.47 Å². The summed E-state index contributed by atoms with van der Waals surface area (Å²) in [7, 11) is 0. The second kappa shape index (κ2) is 9.01. The summed E-state index contributed by atoms with van der Waals surface area (Å²) in [4.78, 5) is 11.8. The summed E-state index contributed by atoms with van der Waals surface area (Å²) in [6, 6.07) is 14.3. The number of rotatable bonds is 7. The Hall–Kier alpha value is -2.26. The van der Waals surface area contributed by atoms with E-state index in [4.69, 9.17) is 21.1 Å². The molecule has 0 aromatic heterocycles. The second-order valence-corrected chi connectivity index (χ2v) is 5.42. The van der Waals surface area contributed by atoms with Crippen LogP contribution in [0, 0.1) is 0 Å². The van der Waals surface area contributed by atoms with Gasteiger partial charge in [-0.1, -0.05) is 43.1 Å². The van der Waals surface area contributed by atoms with Crippen LogP contribution in [0.2, 0.25) is 5.02 Å². The maximum Gasteiger partial charge on any atom is 0.336 e. The molecule has 0 bridgehead atoms. The molecule has 23 heavy (non-hydrogen) atoms. The number of halogens is 1. The van der Waals surface area contributed by atoms with Gasteiger partial charge in [0, 0.05) is 11.1 Å². The average Bonchev–Trinajstić information content (AvgIpc) is 2.54. The van der Waals surface area contributed by atoms with Crippen LogP contribution < -0.4 is 9.47 Å². The second-order valence-electron chi connectivity index (χ2n) is 4.98. The highest BCUT2D eigenvalue weighted by atomic mass is 35.5. The average molecular weight is 331 g/mol. The molecule has 0 amide bonds. The van der Waals surface area contributed by atoms with Gasteiger partial charge in [0.2, 0.25) is 0 Å². The van der Waals surface area contributed by atoms with Crippen molar-refractivity contribution in [3.63, 3.8) is 0 Å². The Morgan fingerprint density at radius 1 is 1.13 bits per heavy atom. The molecule has 120 valence electrons. The summed E-state index contributed by atoms with van der Waals surface area (Å²) in [5.74, 6) is 0.805. The van der Waals surface area contributed by atoms with Gasteiger partial charge in [0.05, 0.1) is 6.61 Å². The zero-order valence-corrected chi connectivity index (χ0v) is 13.8. The van der Waals surface area contributed by atoms with E-state index in [0.29, 0.717) is 10.8 Å². The third kappa shape index (κ3) is 6.17. The highest BCUT2D eigenvalue weighted by Gasteiger charge is 2.01. The highest BCUT2D eigenvalue weighted by molar-refractivity contribution is 6.30. The first kappa shape index (κ1) is 17.1. The lowest BCUT2D eigenvalue weighted by atomic mass is 10.2. The summed E-state index contributed by atoms with van der Waals surface area (Å²) < 4.78 is 10.8. The summed E-state index contributed by atoms with van der Waals surface area (Å²) in [6.07, 6.45) is 5.23. The first-order chi connectivity index (χ1) is 11.2. The summed E-state index contributed by atoms with van der Waals surface area (Å²) in [5, 5.41) is 0.526. The summed E-state index contributed by atoms with van der Waals surface area (Å²) >= 11 is 5.84. The third-order valence-corrected chi connectivity index (χ3v) is 3.31. The van der Waals surface area contributed by atoms with Gasteiger partial charge in [-0.3, -0.25) is 0 Å². The summed E-state index contributed by atoms with van der Waals surface area (Å²) in [5.41, 5.74) is 0.899. The molecule has 4 heteroatoms. The van der Waals surface area contributed by atoms with Gasteiger partial charge in [0.25, 0.3) is 0 Å². The zero-order chi connectivity index (χ0) is 16.5. The fraction of sp³-hybridized carbons (Fsp3) is 0.211. The molecule has 0 N–H and O–H groups in total. The molecule has 0 saturated heterocycles. The van der Waals surface area contributed by atoms with Crippen molar-refractivity contribution < 1.29 is 14.3 Å². The minimum absolute atomic E-state index is 0.423. The first-order valence-electron chi connectivity index (χ1n) is 7.55. The molecule has 0 aliphatic carbocycles. The fourth-order valence-corrected chi connectivity index (χ4v) is 2.03. The number of carbonyl (C=O) groups is 1. The largest absolute Gasteiger partial charge is 0.494 e. The molecule has 2 aromatic carbocycles. The van der Waals surface area contributed by atoms with Crippen molar-refractivity contribution in [3.8, 4) is 11.5 Å². The van der Waals surface area contributed by atoms with Crippen LogP contribution in [-0.2, 0) is 4.79 Å². The van der Waals surface area contributed by atoms with Crippen LogP contribution >= 0.6 is 11.6 Å². The highest BCUT2D eigenvalue weighted by Crippen LogP contribution is 2.18. The molecule has 0 fully saturated rings. The van der Waals surface area contributed by atoms with Crippen LogP contribution in [0.4, 0.5) is 0 Å². The van der Waals surface area contributed by atoms with Crippen LogP contribution in [0.1, 0.15) is 25.3 Å². The van der Waals surface area contributed by atoms with E-state index in [1.54, 1.807) is 30.3 Å². The Kier molecular flexibility index (Phi) is 6.70. The number of benzene rings is 2. The quantitative estimate of drug-likeness (QED) is 0.305. The van der Waals surface area contributed by atoms with E-state index >= 15 is 0 Å². The van der Waals surface area contributed by atoms with Crippen LogP contribution in [0.25, 0.3) is 6.08 Å². The predicted octanol–water partition coefficient (Wildman–Crippen LogP) is 5.14. The number of carbonyl (C=O) groups excluding carboxylic acids is 1. The molecule has 0 unspecified atom stereocenters.